The van der Waals surface area contributed by atoms with Gasteiger partial charge in [-0.05, 0) is 12.1 Å². The molecule has 2 nitrogen and oxygen atoms in total. The van der Waals surface area contributed by atoms with Crippen molar-refractivity contribution in [3.63, 3.8) is 0 Å². The van der Waals surface area contributed by atoms with Crippen molar-refractivity contribution in [2.24, 2.45) is 0 Å². The van der Waals surface area contributed by atoms with E-state index in [4.69, 9.17) is 0 Å². The van der Waals surface area contributed by atoms with Gasteiger partial charge in [0.2, 0.25) is 0 Å². The predicted molar refractivity (Wildman–Crippen MR) is 75.2 cm³/mol. The number of ketones is 1. The first kappa shape index (κ1) is 15.7. The number of hydrogen-bond donors (Lipinski definition) is 0. The summed E-state index contributed by atoms with van der Waals surface area (Å²) in [6, 6.07) is 1.70. The van der Waals surface area contributed by atoms with Crippen molar-refractivity contribution in [3.8, 4) is 0 Å². The fraction of sp³-hybridized carbons (Fsp3) is 0.333. The third kappa shape index (κ3) is 3.32. The van der Waals surface area contributed by atoms with Gasteiger partial charge in [0.15, 0.2) is 23.2 Å². The number of carbonyl (C=O) groups is 1. The van der Waals surface area contributed by atoms with Crippen LogP contribution in [0.2, 0.25) is 0 Å². The minimum Gasteiger partial charge on any atom is -0.294 e. The molecule has 0 saturated heterocycles. The van der Waals surface area contributed by atoms with Crippen LogP contribution < -0.4 is 0 Å². The number of thiazole rings is 1. The molecule has 2 aromatic rings. The second-order valence-electron chi connectivity index (χ2n) is 5.70. The fourth-order valence-corrected chi connectivity index (χ4v) is 2.73. The number of hydrogen-bond acceptors (Lipinski definition) is 3. The molecule has 0 aliphatic carbocycles. The molecule has 0 fully saturated rings. The third-order valence-electron chi connectivity index (χ3n) is 2.97. The highest BCUT2D eigenvalue weighted by molar-refractivity contribution is 7.09. The van der Waals surface area contributed by atoms with Gasteiger partial charge in [-0.25, -0.2) is 18.2 Å². The molecule has 0 aliphatic rings. The van der Waals surface area contributed by atoms with E-state index in [0.717, 1.165) is 17.8 Å². The molecule has 0 spiro atoms. The molecule has 112 valence electrons. The van der Waals surface area contributed by atoms with Gasteiger partial charge in [0, 0.05) is 10.8 Å². The van der Waals surface area contributed by atoms with E-state index >= 15 is 0 Å². The van der Waals surface area contributed by atoms with E-state index in [0.29, 0.717) is 5.01 Å². The van der Waals surface area contributed by atoms with Crippen molar-refractivity contribution in [3.05, 3.63) is 51.2 Å². The monoisotopic (exact) mass is 313 g/mol. The van der Waals surface area contributed by atoms with Crippen LogP contribution in [0.25, 0.3) is 0 Å². The molecule has 1 aromatic heterocycles. The summed E-state index contributed by atoms with van der Waals surface area (Å²) in [5.41, 5.74) is 0.229. The number of nitrogens with zero attached hydrogens (tertiary/aromatic N) is 1. The zero-order valence-corrected chi connectivity index (χ0v) is 12.7. The van der Waals surface area contributed by atoms with E-state index < -0.39 is 28.8 Å². The van der Waals surface area contributed by atoms with Gasteiger partial charge in [-0.1, -0.05) is 20.8 Å². The average molecular weight is 313 g/mol. The smallest absolute Gasteiger partial charge is 0.195 e. The van der Waals surface area contributed by atoms with Gasteiger partial charge in [-0.15, -0.1) is 11.3 Å². The molecule has 1 heterocycles. The van der Waals surface area contributed by atoms with Crippen LogP contribution in [0.4, 0.5) is 13.2 Å². The lowest BCUT2D eigenvalue weighted by Crippen LogP contribution is -2.12. The van der Waals surface area contributed by atoms with Gasteiger partial charge in [0.05, 0.1) is 17.7 Å². The maximum Gasteiger partial charge on any atom is 0.195 e. The van der Waals surface area contributed by atoms with Crippen molar-refractivity contribution in [1.82, 2.24) is 4.98 Å². The molecule has 0 N–H and O–H groups in total. The first-order valence-electron chi connectivity index (χ1n) is 6.31. The van der Waals surface area contributed by atoms with Crippen LogP contribution >= 0.6 is 11.3 Å². The van der Waals surface area contributed by atoms with E-state index in [-0.39, 0.29) is 11.8 Å². The molecule has 0 aliphatic heterocycles. The predicted octanol–water partition coefficient (Wildman–Crippen LogP) is 4.28. The number of rotatable bonds is 3. The Kier molecular flexibility index (Phi) is 4.18. The van der Waals surface area contributed by atoms with Gasteiger partial charge >= 0.3 is 0 Å². The van der Waals surface area contributed by atoms with Crippen LogP contribution in [-0.4, -0.2) is 10.8 Å². The Morgan fingerprint density at radius 2 is 1.86 bits per heavy atom. The van der Waals surface area contributed by atoms with Crippen molar-refractivity contribution in [2.45, 2.75) is 32.6 Å². The Morgan fingerprint density at radius 1 is 1.19 bits per heavy atom. The van der Waals surface area contributed by atoms with Crippen LogP contribution in [0.15, 0.2) is 17.5 Å². The first-order valence-corrected chi connectivity index (χ1v) is 7.19. The summed E-state index contributed by atoms with van der Waals surface area (Å²) < 4.78 is 39.5. The Morgan fingerprint density at radius 3 is 2.43 bits per heavy atom. The maximum atomic E-state index is 13.6. The van der Waals surface area contributed by atoms with Gasteiger partial charge in [-0.3, -0.25) is 4.79 Å². The van der Waals surface area contributed by atoms with Gasteiger partial charge in [-0.2, -0.15) is 0 Å². The molecule has 0 atom stereocenters. The molecule has 0 radical (unpaired) electrons. The van der Waals surface area contributed by atoms with Crippen LogP contribution in [-0.2, 0) is 11.8 Å². The average Bonchev–Trinajstić information content (AvgIpc) is 2.84. The lowest BCUT2D eigenvalue weighted by Gasteiger charge is -2.14. The molecule has 1 aromatic carbocycles. The minimum atomic E-state index is -1.63. The summed E-state index contributed by atoms with van der Waals surface area (Å²) in [6.45, 7) is 5.97. The second kappa shape index (κ2) is 5.60. The molecular weight excluding hydrogens is 299 g/mol. The summed E-state index contributed by atoms with van der Waals surface area (Å²) in [4.78, 5) is 16.3. The largest absolute Gasteiger partial charge is 0.294 e. The number of aromatic nitrogens is 1. The lowest BCUT2D eigenvalue weighted by atomic mass is 9.93. The van der Waals surface area contributed by atoms with E-state index in [1.165, 1.54) is 11.3 Å². The minimum absolute atomic E-state index is 0.136. The molecule has 0 bridgehead atoms. The second-order valence-corrected chi connectivity index (χ2v) is 6.64. The van der Waals surface area contributed by atoms with Crippen LogP contribution in [0.3, 0.4) is 0 Å². The lowest BCUT2D eigenvalue weighted by molar-refractivity contribution is 0.0987. The molecule has 0 amide bonds. The highest BCUT2D eigenvalue weighted by Gasteiger charge is 2.22. The SMILES string of the molecule is CC(C)(C)c1csc(CC(=O)c2ccc(F)c(F)c2F)n1. The van der Waals surface area contributed by atoms with Crippen molar-refractivity contribution in [2.75, 3.05) is 0 Å². The molecule has 6 heteroatoms. The topological polar surface area (TPSA) is 30.0 Å². The molecular formula is C15H14F3NOS. The number of Topliss-reactive ketones (excluding diaryl/α,β-unsaturated/α-hetero) is 1. The van der Waals surface area contributed by atoms with Crippen LogP contribution in [0.5, 0.6) is 0 Å². The summed E-state index contributed by atoms with van der Waals surface area (Å²) in [6.07, 6.45) is -0.136. The number of carbonyl (C=O) groups excluding carboxylic acids is 1. The normalized spacial score (nSPS) is 11.7. The van der Waals surface area contributed by atoms with E-state index in [2.05, 4.69) is 4.98 Å². The third-order valence-corrected chi connectivity index (χ3v) is 3.82. The molecule has 2 rings (SSSR count). The Labute approximate surface area is 124 Å². The summed E-state index contributed by atoms with van der Waals surface area (Å²) in [7, 11) is 0. The molecule has 0 unspecified atom stereocenters. The number of halogens is 3. The van der Waals surface area contributed by atoms with Crippen molar-refractivity contribution in [1.29, 1.82) is 0 Å². The first-order chi connectivity index (χ1) is 9.70. The highest BCUT2D eigenvalue weighted by atomic mass is 32.1. The Bertz CT molecular complexity index is 689. The highest BCUT2D eigenvalue weighted by Crippen LogP contribution is 2.25. The summed E-state index contributed by atoms with van der Waals surface area (Å²) in [5.74, 6) is -5.02. The Balaban J connectivity index is 2.23. The number of benzene rings is 1. The van der Waals surface area contributed by atoms with Gasteiger partial charge in [0.1, 0.15) is 5.01 Å². The summed E-state index contributed by atoms with van der Waals surface area (Å²) in [5, 5.41) is 2.36. The van der Waals surface area contributed by atoms with E-state index in [1.54, 1.807) is 0 Å². The van der Waals surface area contributed by atoms with Crippen LogP contribution in [0, 0.1) is 17.5 Å². The quantitative estimate of drug-likeness (QED) is 0.625. The van der Waals surface area contributed by atoms with Crippen molar-refractivity contribution < 1.29 is 18.0 Å². The van der Waals surface area contributed by atoms with Crippen LogP contribution in [0.1, 0.15) is 41.8 Å². The standard InChI is InChI=1S/C15H14F3NOS/c1-15(2,3)11-7-21-12(19-11)6-10(20)8-4-5-9(16)14(18)13(8)17/h4-5,7H,6H2,1-3H3. The Hall–Kier alpha value is -1.69. The maximum absolute atomic E-state index is 13.6. The van der Waals surface area contributed by atoms with Gasteiger partial charge < -0.3 is 0 Å². The fourth-order valence-electron chi connectivity index (χ4n) is 1.71. The molecule has 0 saturated carbocycles. The van der Waals surface area contributed by atoms with Gasteiger partial charge in [0.25, 0.3) is 0 Å². The zero-order chi connectivity index (χ0) is 15.8. The van der Waals surface area contributed by atoms with E-state index in [1.807, 2.05) is 26.2 Å². The zero-order valence-electron chi connectivity index (χ0n) is 11.8. The summed E-state index contributed by atoms with van der Waals surface area (Å²) >= 11 is 1.29. The van der Waals surface area contributed by atoms with Crippen molar-refractivity contribution >= 4 is 17.1 Å². The molecule has 21 heavy (non-hydrogen) atoms. The van der Waals surface area contributed by atoms with E-state index in [9.17, 15) is 18.0 Å².